The molecule has 1 unspecified atom stereocenters. The molecule has 4 N–H and O–H groups in total. The normalized spacial score (nSPS) is 26.1. The minimum Gasteiger partial charge on any atom is -0.504 e. The van der Waals surface area contributed by atoms with Crippen LogP contribution in [-0.4, -0.2) is 37.0 Å². The first-order valence-electron chi connectivity index (χ1n) is 3.72. The lowest BCUT2D eigenvalue weighted by Crippen LogP contribution is -2.43. The predicted molar refractivity (Wildman–Crippen MR) is 44.6 cm³/mol. The van der Waals surface area contributed by atoms with Gasteiger partial charge in [-0.1, -0.05) is 0 Å². The van der Waals surface area contributed by atoms with Gasteiger partial charge in [0.05, 0.1) is 16.9 Å². The van der Waals surface area contributed by atoms with Crippen molar-refractivity contribution in [3.05, 3.63) is 33.3 Å². The van der Waals surface area contributed by atoms with Crippen molar-refractivity contribution in [1.29, 1.82) is 0 Å². The number of nitro groups is 1. The summed E-state index contributed by atoms with van der Waals surface area (Å²) in [5.41, 5.74) is -3.54. The van der Waals surface area contributed by atoms with Gasteiger partial charge in [-0.3, -0.25) is 10.1 Å². The van der Waals surface area contributed by atoms with Gasteiger partial charge in [-0.05, 0) is 6.08 Å². The molecule has 0 amide bonds. The molecule has 0 saturated heterocycles. The number of allylic oxidation sites excluding steroid dienone is 1. The summed E-state index contributed by atoms with van der Waals surface area (Å²) in [6.45, 7) is 0. The molecule has 82 valence electrons. The van der Waals surface area contributed by atoms with Crippen LogP contribution in [0.4, 0.5) is 0 Å². The standard InChI is InChI=1S/C7H7NO7/c9-4-1-3(6(11)12)2-7(13,5(4)10)8(14)15/h1,9-10,13H,2H2,(H,11,12). The van der Waals surface area contributed by atoms with Crippen molar-refractivity contribution in [1.82, 2.24) is 0 Å². The van der Waals surface area contributed by atoms with Crippen LogP contribution in [0.2, 0.25) is 0 Å². The van der Waals surface area contributed by atoms with E-state index in [4.69, 9.17) is 15.3 Å². The van der Waals surface area contributed by atoms with Gasteiger partial charge in [0.2, 0.25) is 5.76 Å². The summed E-state index contributed by atoms with van der Waals surface area (Å²) in [5, 5.41) is 46.4. The number of aliphatic carboxylic acids is 1. The maximum absolute atomic E-state index is 10.5. The number of aliphatic hydroxyl groups excluding tert-OH is 2. The van der Waals surface area contributed by atoms with Crippen molar-refractivity contribution < 1.29 is 30.1 Å². The van der Waals surface area contributed by atoms with Crippen molar-refractivity contribution in [3.63, 3.8) is 0 Å². The molecule has 0 aromatic rings. The topological polar surface area (TPSA) is 141 Å². The number of carboxylic acids is 1. The molecule has 0 aromatic heterocycles. The van der Waals surface area contributed by atoms with Gasteiger partial charge >= 0.3 is 11.7 Å². The summed E-state index contributed by atoms with van der Waals surface area (Å²) in [7, 11) is 0. The number of carboxylic acid groups (broad SMARTS) is 1. The van der Waals surface area contributed by atoms with Gasteiger partial charge in [0.25, 0.3) is 0 Å². The van der Waals surface area contributed by atoms with Crippen LogP contribution in [0.3, 0.4) is 0 Å². The second kappa shape index (κ2) is 3.24. The zero-order valence-electron chi connectivity index (χ0n) is 7.25. The molecule has 0 radical (unpaired) electrons. The third-order valence-electron chi connectivity index (χ3n) is 1.95. The highest BCUT2D eigenvalue weighted by atomic mass is 16.7. The molecular formula is C7H7NO7. The van der Waals surface area contributed by atoms with Crippen LogP contribution in [0.25, 0.3) is 0 Å². The van der Waals surface area contributed by atoms with Gasteiger partial charge in [-0.15, -0.1) is 0 Å². The third-order valence-corrected chi connectivity index (χ3v) is 1.95. The molecule has 0 bridgehead atoms. The Bertz CT molecular complexity index is 396. The zero-order chi connectivity index (χ0) is 11.8. The highest BCUT2D eigenvalue weighted by Crippen LogP contribution is 2.31. The van der Waals surface area contributed by atoms with E-state index in [1.807, 2.05) is 0 Å². The summed E-state index contributed by atoms with van der Waals surface area (Å²) < 4.78 is 0. The molecule has 0 fully saturated rings. The van der Waals surface area contributed by atoms with Gasteiger partial charge < -0.3 is 20.4 Å². The summed E-state index contributed by atoms with van der Waals surface area (Å²) in [5.74, 6) is -3.82. The summed E-state index contributed by atoms with van der Waals surface area (Å²) in [4.78, 5) is 19.7. The molecule has 1 aliphatic rings. The third kappa shape index (κ3) is 1.62. The lowest BCUT2D eigenvalue weighted by Gasteiger charge is -2.22. The van der Waals surface area contributed by atoms with E-state index >= 15 is 0 Å². The van der Waals surface area contributed by atoms with Gasteiger partial charge in [0.15, 0.2) is 5.76 Å². The zero-order valence-corrected chi connectivity index (χ0v) is 7.25. The number of rotatable bonds is 2. The van der Waals surface area contributed by atoms with Crippen molar-refractivity contribution in [3.8, 4) is 0 Å². The highest BCUT2D eigenvalue weighted by Gasteiger charge is 2.51. The van der Waals surface area contributed by atoms with E-state index in [9.17, 15) is 20.0 Å². The van der Waals surface area contributed by atoms with E-state index in [1.54, 1.807) is 0 Å². The van der Waals surface area contributed by atoms with Crippen molar-refractivity contribution >= 4 is 5.97 Å². The van der Waals surface area contributed by atoms with Crippen LogP contribution in [0.15, 0.2) is 23.2 Å². The predicted octanol–water partition coefficient (Wildman–Crippen LogP) is -0.306. The van der Waals surface area contributed by atoms with E-state index in [0.717, 1.165) is 0 Å². The van der Waals surface area contributed by atoms with Gasteiger partial charge in [-0.2, -0.15) is 0 Å². The quantitative estimate of drug-likeness (QED) is 0.282. The summed E-state index contributed by atoms with van der Waals surface area (Å²) >= 11 is 0. The largest absolute Gasteiger partial charge is 0.504 e. The van der Waals surface area contributed by atoms with Crippen LogP contribution >= 0.6 is 0 Å². The molecule has 8 nitrogen and oxygen atoms in total. The first-order chi connectivity index (χ1) is 6.79. The van der Waals surface area contributed by atoms with Gasteiger partial charge in [0.1, 0.15) is 0 Å². The molecule has 1 atom stereocenters. The minimum atomic E-state index is -2.98. The Kier molecular flexibility index (Phi) is 2.37. The number of nitrogens with zero attached hydrogens (tertiary/aromatic N) is 1. The number of hydrogen-bond acceptors (Lipinski definition) is 6. The molecule has 15 heavy (non-hydrogen) atoms. The van der Waals surface area contributed by atoms with Crippen LogP contribution < -0.4 is 0 Å². The Morgan fingerprint density at radius 3 is 2.47 bits per heavy atom. The lowest BCUT2D eigenvalue weighted by atomic mass is 9.95. The van der Waals surface area contributed by atoms with Crippen LogP contribution in [0, 0.1) is 10.1 Å². The summed E-state index contributed by atoms with van der Waals surface area (Å²) in [6.07, 6.45) is -0.263. The second-order valence-electron chi connectivity index (χ2n) is 2.96. The van der Waals surface area contributed by atoms with E-state index in [0.29, 0.717) is 6.08 Å². The monoisotopic (exact) mass is 217 g/mol. The molecule has 0 heterocycles. The van der Waals surface area contributed by atoms with Crippen LogP contribution in [-0.2, 0) is 4.79 Å². The smallest absolute Gasteiger partial charge is 0.388 e. The lowest BCUT2D eigenvalue weighted by molar-refractivity contribution is -0.616. The average Bonchev–Trinajstić information content (AvgIpc) is 2.12. The van der Waals surface area contributed by atoms with Gasteiger partial charge in [-0.25, -0.2) is 4.79 Å². The van der Waals surface area contributed by atoms with E-state index in [1.165, 1.54) is 0 Å². The number of carbonyl (C=O) groups is 1. The average molecular weight is 217 g/mol. The molecule has 0 aliphatic heterocycles. The van der Waals surface area contributed by atoms with E-state index in [-0.39, 0.29) is 0 Å². The van der Waals surface area contributed by atoms with Crippen LogP contribution in [0.1, 0.15) is 6.42 Å². The SMILES string of the molecule is O=C(O)C1=CC(O)=C(O)C(O)([N+](=O)[O-])C1. The minimum absolute atomic E-state index is 0.565. The Labute approximate surface area is 82.5 Å². The molecule has 1 rings (SSSR count). The maximum Gasteiger partial charge on any atom is 0.388 e. The Hall–Kier alpha value is -2.09. The van der Waals surface area contributed by atoms with Crippen molar-refractivity contribution in [2.24, 2.45) is 0 Å². The second-order valence-corrected chi connectivity index (χ2v) is 2.96. The molecular weight excluding hydrogens is 210 g/mol. The van der Waals surface area contributed by atoms with Crippen LogP contribution in [0.5, 0.6) is 0 Å². The first kappa shape index (κ1) is 11.0. The van der Waals surface area contributed by atoms with Crippen molar-refractivity contribution in [2.45, 2.75) is 12.1 Å². The number of hydrogen-bond donors (Lipinski definition) is 4. The Balaban J connectivity index is 3.26. The molecule has 0 aromatic carbocycles. The fourth-order valence-electron chi connectivity index (χ4n) is 1.13. The van der Waals surface area contributed by atoms with Gasteiger partial charge in [0, 0.05) is 0 Å². The van der Waals surface area contributed by atoms with E-state index < -0.39 is 40.1 Å². The molecule has 0 saturated carbocycles. The molecule has 0 spiro atoms. The fraction of sp³-hybridized carbons (Fsp3) is 0.286. The van der Waals surface area contributed by atoms with E-state index in [2.05, 4.69) is 0 Å². The van der Waals surface area contributed by atoms with Crippen molar-refractivity contribution in [2.75, 3.05) is 0 Å². The Morgan fingerprint density at radius 1 is 1.53 bits per heavy atom. The maximum atomic E-state index is 10.5. The highest BCUT2D eigenvalue weighted by molar-refractivity contribution is 5.87. The Morgan fingerprint density at radius 2 is 2.07 bits per heavy atom. The summed E-state index contributed by atoms with van der Waals surface area (Å²) in [6, 6.07) is 0. The first-order valence-corrected chi connectivity index (χ1v) is 3.72. The molecule has 1 aliphatic carbocycles. The molecule has 8 heteroatoms. The fourth-order valence-corrected chi connectivity index (χ4v) is 1.13. The number of aliphatic hydroxyl groups is 3.